The van der Waals surface area contributed by atoms with Crippen molar-refractivity contribution in [2.24, 2.45) is 5.92 Å². The second-order valence-corrected chi connectivity index (χ2v) is 4.51. The first-order chi connectivity index (χ1) is 7.57. The van der Waals surface area contributed by atoms with E-state index in [0.29, 0.717) is 5.92 Å². The van der Waals surface area contributed by atoms with Gasteiger partial charge in [0, 0.05) is 14.1 Å². The third-order valence-electron chi connectivity index (χ3n) is 3.08. The fourth-order valence-corrected chi connectivity index (χ4v) is 1.89. The summed E-state index contributed by atoms with van der Waals surface area (Å²) in [6.07, 6.45) is 1.01. The molecule has 2 atom stereocenters. The number of carbonyl (C=O) groups is 1. The summed E-state index contributed by atoms with van der Waals surface area (Å²) in [5.74, 6) is 0.555. The van der Waals surface area contributed by atoms with Crippen LogP contribution in [0.3, 0.4) is 0 Å². The maximum Gasteiger partial charge on any atom is 0.229 e. The van der Waals surface area contributed by atoms with Crippen molar-refractivity contribution < 1.29 is 4.79 Å². The van der Waals surface area contributed by atoms with Crippen LogP contribution in [0, 0.1) is 5.92 Å². The van der Waals surface area contributed by atoms with Gasteiger partial charge in [0.1, 0.15) is 0 Å². The molecule has 0 aromatic heterocycles. The Morgan fingerprint density at radius 2 is 1.81 bits per heavy atom. The Kier molecular flexibility index (Phi) is 4.53. The highest BCUT2D eigenvalue weighted by atomic mass is 16.2. The number of nitrogens with zero attached hydrogens (tertiary/aromatic N) is 1. The van der Waals surface area contributed by atoms with Crippen molar-refractivity contribution in [2.75, 3.05) is 14.1 Å². The summed E-state index contributed by atoms with van der Waals surface area (Å²) in [5, 5.41) is 0. The van der Waals surface area contributed by atoms with Crippen LogP contribution in [-0.2, 0) is 4.79 Å². The van der Waals surface area contributed by atoms with Crippen LogP contribution in [0.15, 0.2) is 30.3 Å². The van der Waals surface area contributed by atoms with Gasteiger partial charge in [0.25, 0.3) is 0 Å². The molecule has 1 aromatic rings. The van der Waals surface area contributed by atoms with Gasteiger partial charge in [0.05, 0.1) is 5.92 Å². The first kappa shape index (κ1) is 12.8. The number of rotatable bonds is 4. The van der Waals surface area contributed by atoms with Crippen molar-refractivity contribution in [1.29, 1.82) is 0 Å². The molecule has 0 spiro atoms. The quantitative estimate of drug-likeness (QED) is 0.762. The Morgan fingerprint density at radius 1 is 1.25 bits per heavy atom. The predicted molar refractivity (Wildman–Crippen MR) is 67.3 cm³/mol. The fourth-order valence-electron chi connectivity index (χ4n) is 1.89. The molecular formula is C14H21NO. The van der Waals surface area contributed by atoms with Crippen molar-refractivity contribution in [3.8, 4) is 0 Å². The summed E-state index contributed by atoms with van der Waals surface area (Å²) in [6, 6.07) is 10.1. The van der Waals surface area contributed by atoms with E-state index in [1.165, 1.54) is 0 Å². The molecule has 1 rings (SSSR count). The van der Waals surface area contributed by atoms with Gasteiger partial charge in [-0.1, -0.05) is 50.6 Å². The minimum atomic E-state index is -0.0128. The van der Waals surface area contributed by atoms with Crippen LogP contribution in [0.1, 0.15) is 31.7 Å². The van der Waals surface area contributed by atoms with Crippen LogP contribution >= 0.6 is 0 Å². The minimum Gasteiger partial charge on any atom is -0.348 e. The van der Waals surface area contributed by atoms with Gasteiger partial charge in [-0.25, -0.2) is 0 Å². The molecule has 0 fully saturated rings. The van der Waals surface area contributed by atoms with Gasteiger partial charge in [-0.3, -0.25) is 4.79 Å². The van der Waals surface area contributed by atoms with E-state index in [2.05, 4.69) is 13.8 Å². The molecule has 0 saturated heterocycles. The zero-order valence-corrected chi connectivity index (χ0v) is 10.6. The van der Waals surface area contributed by atoms with Crippen molar-refractivity contribution in [3.63, 3.8) is 0 Å². The van der Waals surface area contributed by atoms with Crippen LogP contribution in [0.2, 0.25) is 0 Å². The van der Waals surface area contributed by atoms with Crippen molar-refractivity contribution in [3.05, 3.63) is 35.9 Å². The molecule has 2 heteroatoms. The smallest absolute Gasteiger partial charge is 0.229 e. The Balaban J connectivity index is 3.01. The molecule has 0 bridgehead atoms. The Hall–Kier alpha value is -1.31. The van der Waals surface area contributed by atoms with E-state index in [0.717, 1.165) is 12.0 Å². The number of carbonyl (C=O) groups excluding carboxylic acids is 1. The largest absolute Gasteiger partial charge is 0.348 e. The zero-order chi connectivity index (χ0) is 12.1. The van der Waals surface area contributed by atoms with Gasteiger partial charge in [-0.05, 0) is 11.5 Å². The lowest BCUT2D eigenvalue weighted by Gasteiger charge is -2.25. The van der Waals surface area contributed by atoms with Gasteiger partial charge >= 0.3 is 0 Å². The van der Waals surface area contributed by atoms with E-state index < -0.39 is 0 Å². The summed E-state index contributed by atoms with van der Waals surface area (Å²) < 4.78 is 0. The summed E-state index contributed by atoms with van der Waals surface area (Å²) in [5.41, 5.74) is 1.12. The van der Waals surface area contributed by atoms with E-state index in [9.17, 15) is 4.79 Å². The molecule has 0 saturated carbocycles. The van der Waals surface area contributed by atoms with Crippen LogP contribution in [-0.4, -0.2) is 24.9 Å². The number of amides is 1. The summed E-state index contributed by atoms with van der Waals surface area (Å²) in [6.45, 7) is 4.27. The SMILES string of the molecule is CC[C@@H](C)[C@H](C(=O)N(C)C)c1ccccc1. The number of likely N-dealkylation sites (N-methyl/N-ethyl adjacent to an activating group) is 1. The Bertz CT molecular complexity index is 332. The first-order valence-electron chi connectivity index (χ1n) is 5.84. The standard InChI is InChI=1S/C14H21NO/c1-5-11(2)13(14(16)15(3)4)12-9-7-6-8-10-12/h6-11,13H,5H2,1-4H3/t11-,13+/m1/s1. The molecule has 1 aromatic carbocycles. The van der Waals surface area contributed by atoms with Gasteiger partial charge in [-0.15, -0.1) is 0 Å². The van der Waals surface area contributed by atoms with E-state index in [-0.39, 0.29) is 11.8 Å². The number of hydrogen-bond donors (Lipinski definition) is 0. The number of hydrogen-bond acceptors (Lipinski definition) is 1. The first-order valence-corrected chi connectivity index (χ1v) is 5.84. The molecule has 1 amide bonds. The molecule has 2 nitrogen and oxygen atoms in total. The molecular weight excluding hydrogens is 198 g/mol. The molecule has 0 heterocycles. The van der Waals surface area contributed by atoms with Crippen molar-refractivity contribution >= 4 is 5.91 Å². The monoisotopic (exact) mass is 219 g/mol. The summed E-state index contributed by atoms with van der Waals surface area (Å²) in [4.78, 5) is 13.9. The third kappa shape index (κ3) is 2.84. The van der Waals surface area contributed by atoms with E-state index in [4.69, 9.17) is 0 Å². The topological polar surface area (TPSA) is 20.3 Å². The second-order valence-electron chi connectivity index (χ2n) is 4.51. The van der Waals surface area contributed by atoms with Crippen LogP contribution in [0.4, 0.5) is 0 Å². The lowest BCUT2D eigenvalue weighted by atomic mass is 9.84. The average molecular weight is 219 g/mol. The maximum absolute atomic E-state index is 12.2. The lowest BCUT2D eigenvalue weighted by molar-refractivity contribution is -0.131. The number of benzene rings is 1. The molecule has 0 radical (unpaired) electrons. The van der Waals surface area contributed by atoms with Gasteiger partial charge in [0.15, 0.2) is 0 Å². The molecule has 0 aliphatic carbocycles. The lowest BCUT2D eigenvalue weighted by Crippen LogP contribution is -2.31. The maximum atomic E-state index is 12.2. The predicted octanol–water partition coefficient (Wildman–Crippen LogP) is 2.90. The zero-order valence-electron chi connectivity index (χ0n) is 10.6. The summed E-state index contributed by atoms with van der Waals surface area (Å²) >= 11 is 0. The molecule has 0 aliphatic heterocycles. The third-order valence-corrected chi connectivity index (χ3v) is 3.08. The van der Waals surface area contributed by atoms with Gasteiger partial charge in [0.2, 0.25) is 5.91 Å². The minimum absolute atomic E-state index is 0.0128. The highest BCUT2D eigenvalue weighted by molar-refractivity contribution is 5.83. The van der Waals surface area contributed by atoms with Gasteiger partial charge in [-0.2, -0.15) is 0 Å². The molecule has 88 valence electrons. The average Bonchev–Trinajstić information content (AvgIpc) is 2.30. The molecule has 0 unspecified atom stereocenters. The highest BCUT2D eigenvalue weighted by Crippen LogP contribution is 2.28. The Morgan fingerprint density at radius 3 is 2.25 bits per heavy atom. The normalized spacial score (nSPS) is 14.2. The van der Waals surface area contributed by atoms with Crippen LogP contribution in [0.25, 0.3) is 0 Å². The van der Waals surface area contributed by atoms with Gasteiger partial charge < -0.3 is 4.90 Å². The van der Waals surface area contributed by atoms with Crippen LogP contribution < -0.4 is 0 Å². The molecule has 0 N–H and O–H groups in total. The molecule has 0 aliphatic rings. The van der Waals surface area contributed by atoms with Crippen LogP contribution in [0.5, 0.6) is 0 Å². The van der Waals surface area contributed by atoms with Crippen molar-refractivity contribution in [1.82, 2.24) is 4.90 Å². The van der Waals surface area contributed by atoms with Crippen molar-refractivity contribution in [2.45, 2.75) is 26.2 Å². The molecule has 16 heavy (non-hydrogen) atoms. The van der Waals surface area contributed by atoms with E-state index in [1.807, 2.05) is 44.4 Å². The second kappa shape index (κ2) is 5.69. The summed E-state index contributed by atoms with van der Waals surface area (Å²) in [7, 11) is 3.64. The highest BCUT2D eigenvalue weighted by Gasteiger charge is 2.26. The Labute approximate surface area is 98.3 Å². The fraction of sp³-hybridized carbons (Fsp3) is 0.500. The van der Waals surface area contributed by atoms with E-state index >= 15 is 0 Å². The van der Waals surface area contributed by atoms with E-state index in [1.54, 1.807) is 4.90 Å².